The monoisotopic (exact) mass is 224 g/mol. The predicted octanol–water partition coefficient (Wildman–Crippen LogP) is 1.04. The second-order valence-electron chi connectivity index (χ2n) is 2.57. The molecule has 0 saturated heterocycles. The minimum absolute atomic E-state index is 0.324. The lowest BCUT2D eigenvalue weighted by atomic mass is 9.77. The smallest absolute Gasteiger partial charge is 0.423 e. The summed E-state index contributed by atoms with van der Waals surface area (Å²) in [5, 5.41) is 17.1. The SMILES string of the molecule is OB(O)c1c(Cl)cccc1C(F)(F)F. The summed E-state index contributed by atoms with van der Waals surface area (Å²) in [4.78, 5) is 0. The first-order valence-electron chi connectivity index (χ1n) is 3.56. The molecule has 1 rings (SSSR count). The Hall–Kier alpha value is -0.715. The molecule has 0 spiro atoms. The van der Waals surface area contributed by atoms with Gasteiger partial charge in [-0.15, -0.1) is 0 Å². The van der Waals surface area contributed by atoms with Gasteiger partial charge in [-0.25, -0.2) is 0 Å². The van der Waals surface area contributed by atoms with Crippen molar-refractivity contribution < 1.29 is 23.2 Å². The minimum atomic E-state index is -4.65. The molecule has 0 bridgehead atoms. The topological polar surface area (TPSA) is 40.5 Å². The van der Waals surface area contributed by atoms with Crippen LogP contribution in [-0.2, 0) is 6.18 Å². The molecule has 0 amide bonds. The molecule has 2 N–H and O–H groups in total. The van der Waals surface area contributed by atoms with Crippen molar-refractivity contribution in [1.82, 2.24) is 0 Å². The van der Waals surface area contributed by atoms with Gasteiger partial charge < -0.3 is 10.0 Å². The number of hydrogen-bond donors (Lipinski definition) is 2. The van der Waals surface area contributed by atoms with Crippen molar-refractivity contribution in [3.8, 4) is 0 Å². The third-order valence-corrected chi connectivity index (χ3v) is 1.95. The van der Waals surface area contributed by atoms with Gasteiger partial charge in [0.15, 0.2) is 0 Å². The Morgan fingerprint density at radius 2 is 1.79 bits per heavy atom. The summed E-state index contributed by atoms with van der Waals surface area (Å²) in [7, 11) is -2.24. The third-order valence-electron chi connectivity index (χ3n) is 1.62. The molecule has 0 fully saturated rings. The zero-order valence-corrected chi connectivity index (χ0v) is 7.47. The minimum Gasteiger partial charge on any atom is -0.423 e. The van der Waals surface area contributed by atoms with Crippen LogP contribution < -0.4 is 5.46 Å². The lowest BCUT2D eigenvalue weighted by Gasteiger charge is -2.13. The second-order valence-corrected chi connectivity index (χ2v) is 2.98. The highest BCUT2D eigenvalue weighted by Crippen LogP contribution is 2.29. The maximum absolute atomic E-state index is 12.3. The first-order chi connectivity index (χ1) is 6.34. The van der Waals surface area contributed by atoms with Crippen molar-refractivity contribution >= 4 is 24.2 Å². The Labute approximate surface area is 83.1 Å². The molecule has 0 saturated carbocycles. The predicted molar refractivity (Wildman–Crippen MR) is 46.3 cm³/mol. The Balaban J connectivity index is 3.36. The molecule has 0 unspecified atom stereocenters. The maximum Gasteiger partial charge on any atom is 0.490 e. The van der Waals surface area contributed by atoms with Crippen LogP contribution in [0.25, 0.3) is 0 Å². The van der Waals surface area contributed by atoms with Gasteiger partial charge in [-0.05, 0) is 6.07 Å². The summed E-state index contributed by atoms with van der Waals surface area (Å²) in [6, 6.07) is 2.99. The van der Waals surface area contributed by atoms with E-state index in [0.717, 1.165) is 18.2 Å². The van der Waals surface area contributed by atoms with Gasteiger partial charge in [0.25, 0.3) is 0 Å². The molecule has 7 heteroatoms. The van der Waals surface area contributed by atoms with Crippen LogP contribution >= 0.6 is 11.6 Å². The van der Waals surface area contributed by atoms with Gasteiger partial charge in [0.05, 0.1) is 5.56 Å². The summed E-state index contributed by atoms with van der Waals surface area (Å²) < 4.78 is 36.9. The second kappa shape index (κ2) is 3.80. The van der Waals surface area contributed by atoms with Crippen molar-refractivity contribution in [2.24, 2.45) is 0 Å². The molecule has 0 aromatic heterocycles. The third kappa shape index (κ3) is 2.20. The molecular formula is C7H5BClF3O2. The normalized spacial score (nSPS) is 11.6. The highest BCUT2D eigenvalue weighted by molar-refractivity contribution is 6.63. The van der Waals surface area contributed by atoms with Gasteiger partial charge in [0.2, 0.25) is 0 Å². The molecule has 14 heavy (non-hydrogen) atoms. The number of hydrogen-bond acceptors (Lipinski definition) is 2. The quantitative estimate of drug-likeness (QED) is 0.700. The van der Waals surface area contributed by atoms with E-state index in [2.05, 4.69) is 0 Å². The summed E-state index contributed by atoms with van der Waals surface area (Å²) in [6.07, 6.45) is -4.65. The van der Waals surface area contributed by atoms with Crippen LogP contribution in [0.3, 0.4) is 0 Å². The van der Waals surface area contributed by atoms with Crippen LogP contribution in [0, 0.1) is 0 Å². The van der Waals surface area contributed by atoms with E-state index >= 15 is 0 Å². The molecule has 0 aliphatic heterocycles. The van der Waals surface area contributed by atoms with E-state index in [4.69, 9.17) is 21.6 Å². The van der Waals surface area contributed by atoms with E-state index in [1.54, 1.807) is 0 Å². The Kier molecular flexibility index (Phi) is 3.09. The van der Waals surface area contributed by atoms with Crippen LogP contribution in [-0.4, -0.2) is 17.2 Å². The first-order valence-corrected chi connectivity index (χ1v) is 3.93. The fourth-order valence-corrected chi connectivity index (χ4v) is 1.32. The van der Waals surface area contributed by atoms with E-state index in [9.17, 15) is 13.2 Å². The number of alkyl halides is 3. The fourth-order valence-electron chi connectivity index (χ4n) is 1.05. The zero-order valence-electron chi connectivity index (χ0n) is 6.72. The average molecular weight is 224 g/mol. The van der Waals surface area contributed by atoms with E-state index in [-0.39, 0.29) is 5.02 Å². The highest BCUT2D eigenvalue weighted by Gasteiger charge is 2.37. The number of halogens is 4. The van der Waals surface area contributed by atoms with Crippen molar-refractivity contribution in [3.63, 3.8) is 0 Å². The van der Waals surface area contributed by atoms with Crippen LogP contribution in [0.15, 0.2) is 18.2 Å². The molecule has 0 aliphatic rings. The van der Waals surface area contributed by atoms with Gasteiger partial charge in [0.1, 0.15) is 0 Å². The standard InChI is InChI=1S/C7H5BClF3O2/c9-5-3-1-2-4(7(10,11)12)6(5)8(13)14/h1-3,13-14H. The van der Waals surface area contributed by atoms with Crippen LogP contribution in [0.4, 0.5) is 13.2 Å². The molecule has 0 atom stereocenters. The molecule has 76 valence electrons. The molecule has 0 radical (unpaired) electrons. The van der Waals surface area contributed by atoms with Crippen molar-refractivity contribution in [2.75, 3.05) is 0 Å². The van der Waals surface area contributed by atoms with E-state index in [1.165, 1.54) is 0 Å². The van der Waals surface area contributed by atoms with Gasteiger partial charge in [-0.2, -0.15) is 13.2 Å². The Bertz CT molecular complexity index is 340. The average Bonchev–Trinajstić information content (AvgIpc) is 2.01. The molecule has 1 aromatic rings. The maximum atomic E-state index is 12.3. The summed E-state index contributed by atoms with van der Waals surface area (Å²) in [5.41, 5.74) is -1.86. The van der Waals surface area contributed by atoms with E-state index in [1.807, 2.05) is 0 Å². The highest BCUT2D eigenvalue weighted by atomic mass is 35.5. The summed E-state index contributed by atoms with van der Waals surface area (Å²) in [5.74, 6) is 0. The summed E-state index contributed by atoms with van der Waals surface area (Å²) in [6.45, 7) is 0. The van der Waals surface area contributed by atoms with E-state index in [0.29, 0.717) is 0 Å². The van der Waals surface area contributed by atoms with E-state index < -0.39 is 24.3 Å². The molecule has 2 nitrogen and oxygen atoms in total. The van der Waals surface area contributed by atoms with Crippen molar-refractivity contribution in [3.05, 3.63) is 28.8 Å². The van der Waals surface area contributed by atoms with Gasteiger partial charge >= 0.3 is 13.3 Å². The summed E-state index contributed by atoms with van der Waals surface area (Å²) >= 11 is 5.41. The van der Waals surface area contributed by atoms with Crippen molar-refractivity contribution in [2.45, 2.75) is 6.18 Å². The largest absolute Gasteiger partial charge is 0.490 e. The Morgan fingerprint density at radius 1 is 1.21 bits per heavy atom. The van der Waals surface area contributed by atoms with Crippen molar-refractivity contribution in [1.29, 1.82) is 0 Å². The number of benzene rings is 1. The lowest BCUT2D eigenvalue weighted by Crippen LogP contribution is -2.36. The zero-order chi connectivity index (χ0) is 10.9. The van der Waals surface area contributed by atoms with Gasteiger partial charge in [-0.1, -0.05) is 23.7 Å². The first kappa shape index (κ1) is 11.4. The van der Waals surface area contributed by atoms with Gasteiger partial charge in [0, 0.05) is 10.5 Å². The molecular weight excluding hydrogens is 219 g/mol. The molecule has 0 aliphatic carbocycles. The lowest BCUT2D eigenvalue weighted by molar-refractivity contribution is -0.136. The van der Waals surface area contributed by atoms with Crippen LogP contribution in [0.5, 0.6) is 0 Å². The van der Waals surface area contributed by atoms with Gasteiger partial charge in [-0.3, -0.25) is 0 Å². The number of rotatable bonds is 1. The molecule has 0 heterocycles. The fraction of sp³-hybridized carbons (Fsp3) is 0.143. The van der Waals surface area contributed by atoms with Crippen LogP contribution in [0.2, 0.25) is 5.02 Å². The molecule has 1 aromatic carbocycles. The van der Waals surface area contributed by atoms with Crippen LogP contribution in [0.1, 0.15) is 5.56 Å². The Morgan fingerprint density at radius 3 is 2.14 bits per heavy atom.